The molecule has 0 amide bonds. The van der Waals surface area contributed by atoms with Crippen LogP contribution >= 0.6 is 0 Å². The lowest BCUT2D eigenvalue weighted by molar-refractivity contribution is 0.590. The minimum absolute atomic E-state index is 0.0177. The van der Waals surface area contributed by atoms with Gasteiger partial charge < -0.3 is 13.4 Å². The van der Waals surface area contributed by atoms with Crippen molar-refractivity contribution in [2.75, 3.05) is 0 Å². The first-order valence-electron chi connectivity index (χ1n) is 15.3. The van der Waals surface area contributed by atoms with E-state index in [1.807, 2.05) is 24.3 Å². The maximum Gasteiger partial charge on any atom is 0.200 e. The van der Waals surface area contributed by atoms with Crippen molar-refractivity contribution in [2.45, 2.75) is 52.4 Å². The highest BCUT2D eigenvalue weighted by molar-refractivity contribution is 6.11. The Hall–Kier alpha value is -5.16. The highest BCUT2D eigenvalue weighted by Gasteiger charge is 2.23. The Labute approximate surface area is 259 Å². The van der Waals surface area contributed by atoms with Crippen LogP contribution in [0.25, 0.3) is 71.4 Å². The van der Waals surface area contributed by atoms with E-state index >= 15 is 0 Å². The fourth-order valence-corrected chi connectivity index (χ4v) is 6.55. The van der Waals surface area contributed by atoms with Gasteiger partial charge in [0.25, 0.3) is 0 Å². The molecule has 0 aliphatic heterocycles. The van der Waals surface area contributed by atoms with Crippen LogP contribution < -0.4 is 10.9 Å². The number of fused-ring (bicyclic) bond motifs is 7. The zero-order valence-electron chi connectivity index (χ0n) is 26.2. The summed E-state index contributed by atoms with van der Waals surface area (Å²) in [5.74, 6) is 0. The quantitative estimate of drug-likeness (QED) is 0.178. The maximum atomic E-state index is 14.1. The number of nitrogens with zero attached hydrogens (tertiary/aromatic N) is 1. The van der Waals surface area contributed by atoms with E-state index in [4.69, 9.17) is 8.83 Å². The number of para-hydroxylation sites is 2. The van der Waals surface area contributed by atoms with E-state index in [0.717, 1.165) is 27.5 Å². The molecule has 0 atom stereocenters. The summed E-state index contributed by atoms with van der Waals surface area (Å²) < 4.78 is 14.9. The van der Waals surface area contributed by atoms with Gasteiger partial charge in [-0.25, -0.2) is 0 Å². The SMILES string of the molecule is CC(C)(C)c1ccc2c(c1)c1cc(C(C)(C)C)ccc1n2-c1cccc2c(=O)c3cc4oc5ccccc5c(=O)c4cc3oc12. The molecule has 3 heterocycles. The summed E-state index contributed by atoms with van der Waals surface area (Å²) in [6.45, 7) is 13.4. The highest BCUT2D eigenvalue weighted by Crippen LogP contribution is 2.39. The summed E-state index contributed by atoms with van der Waals surface area (Å²) in [5.41, 5.74) is 6.64. The molecule has 0 spiro atoms. The Morgan fingerprint density at radius 3 is 1.62 bits per heavy atom. The zero-order chi connectivity index (χ0) is 31.4. The second kappa shape index (κ2) is 9.18. The summed E-state index contributed by atoms with van der Waals surface area (Å²) in [4.78, 5) is 27.5. The molecule has 0 saturated carbocycles. The van der Waals surface area contributed by atoms with Crippen molar-refractivity contribution in [3.63, 3.8) is 0 Å². The van der Waals surface area contributed by atoms with Crippen LogP contribution in [-0.2, 0) is 10.8 Å². The Morgan fingerprint density at radius 2 is 1.02 bits per heavy atom. The van der Waals surface area contributed by atoms with E-state index in [9.17, 15) is 9.59 Å². The molecule has 0 bridgehead atoms. The first kappa shape index (κ1) is 27.4. The predicted octanol–water partition coefficient (Wildman–Crippen LogP) is 9.90. The molecule has 8 aromatic rings. The van der Waals surface area contributed by atoms with Gasteiger partial charge in [0.2, 0.25) is 10.9 Å². The normalized spacial score (nSPS) is 12.8. The van der Waals surface area contributed by atoms with Gasteiger partial charge in [0.05, 0.1) is 38.3 Å². The monoisotopic (exact) mass is 591 g/mol. The highest BCUT2D eigenvalue weighted by atomic mass is 16.3. The summed E-state index contributed by atoms with van der Waals surface area (Å²) in [6.07, 6.45) is 0. The van der Waals surface area contributed by atoms with Gasteiger partial charge in [-0.05, 0) is 82.6 Å². The van der Waals surface area contributed by atoms with Gasteiger partial charge in [-0.15, -0.1) is 0 Å². The lowest BCUT2D eigenvalue weighted by Crippen LogP contribution is -2.10. The first-order chi connectivity index (χ1) is 21.4. The zero-order valence-corrected chi connectivity index (χ0v) is 26.2. The summed E-state index contributed by atoms with van der Waals surface area (Å²) in [6, 6.07) is 29.5. The molecule has 5 aromatic carbocycles. The van der Waals surface area contributed by atoms with Crippen molar-refractivity contribution in [3.8, 4) is 5.69 Å². The van der Waals surface area contributed by atoms with Gasteiger partial charge in [-0.3, -0.25) is 9.59 Å². The number of hydrogen-bond acceptors (Lipinski definition) is 4. The molecule has 0 aliphatic rings. The van der Waals surface area contributed by atoms with Crippen LogP contribution in [0.5, 0.6) is 0 Å². The van der Waals surface area contributed by atoms with Crippen molar-refractivity contribution in [3.05, 3.63) is 123 Å². The van der Waals surface area contributed by atoms with E-state index in [-0.39, 0.29) is 21.7 Å². The molecule has 222 valence electrons. The molecule has 45 heavy (non-hydrogen) atoms. The molecule has 0 unspecified atom stereocenters. The summed E-state index contributed by atoms with van der Waals surface area (Å²) in [5, 5.41) is 4.01. The predicted molar refractivity (Wildman–Crippen MR) is 185 cm³/mol. The van der Waals surface area contributed by atoms with Crippen molar-refractivity contribution in [1.29, 1.82) is 0 Å². The molecule has 3 aromatic heterocycles. The maximum absolute atomic E-state index is 14.1. The number of benzene rings is 5. The Kier molecular flexibility index (Phi) is 5.59. The lowest BCUT2D eigenvalue weighted by Gasteiger charge is -2.19. The van der Waals surface area contributed by atoms with Crippen LogP contribution in [0, 0.1) is 0 Å². The Balaban J connectivity index is 1.48. The molecule has 5 nitrogen and oxygen atoms in total. The van der Waals surface area contributed by atoms with Crippen LogP contribution in [0.4, 0.5) is 0 Å². The van der Waals surface area contributed by atoms with E-state index in [1.165, 1.54) is 11.1 Å². The minimum atomic E-state index is -0.170. The van der Waals surface area contributed by atoms with Crippen molar-refractivity contribution < 1.29 is 8.83 Å². The number of aromatic nitrogens is 1. The van der Waals surface area contributed by atoms with Gasteiger partial charge in [0, 0.05) is 10.8 Å². The Bertz CT molecular complexity index is 2580. The fourth-order valence-electron chi connectivity index (χ4n) is 6.55. The average molecular weight is 592 g/mol. The molecule has 0 fully saturated rings. The van der Waals surface area contributed by atoms with Crippen LogP contribution in [0.1, 0.15) is 52.7 Å². The van der Waals surface area contributed by atoms with Crippen LogP contribution in [0.15, 0.2) is 109 Å². The third-order valence-electron chi connectivity index (χ3n) is 9.11. The van der Waals surface area contributed by atoms with E-state index in [2.05, 4.69) is 82.5 Å². The van der Waals surface area contributed by atoms with Gasteiger partial charge in [0.15, 0.2) is 5.58 Å². The molecule has 8 rings (SSSR count). The summed E-state index contributed by atoms with van der Waals surface area (Å²) in [7, 11) is 0. The molecular weight excluding hydrogens is 558 g/mol. The molecule has 5 heteroatoms. The Morgan fingerprint density at radius 1 is 0.489 bits per heavy atom. The smallest absolute Gasteiger partial charge is 0.200 e. The standard InChI is InChI=1S/C40H33NO4/c1-39(2,3)22-14-16-30-26(18-22)27-19-23(40(4,5)6)15-17-31(27)41(30)32-12-9-11-25-37(43)29-20-34-28(21-35(29)45-38(25)32)36(42)24-10-7-8-13-33(24)44-34/h7-21H,1-6H3. The topological polar surface area (TPSA) is 65.3 Å². The third-order valence-corrected chi connectivity index (χ3v) is 9.11. The second-order valence-electron chi connectivity index (χ2n) is 14.2. The average Bonchev–Trinajstić information content (AvgIpc) is 3.33. The minimum Gasteiger partial charge on any atom is -0.456 e. The van der Waals surface area contributed by atoms with Crippen molar-refractivity contribution in [2.24, 2.45) is 0 Å². The van der Waals surface area contributed by atoms with E-state index < -0.39 is 0 Å². The number of hydrogen-bond donors (Lipinski definition) is 0. The number of rotatable bonds is 1. The lowest BCUT2D eigenvalue weighted by atomic mass is 9.85. The van der Waals surface area contributed by atoms with Gasteiger partial charge in [-0.2, -0.15) is 0 Å². The molecule has 0 N–H and O–H groups in total. The second-order valence-corrected chi connectivity index (χ2v) is 14.2. The van der Waals surface area contributed by atoms with E-state index in [0.29, 0.717) is 43.9 Å². The molecule has 0 saturated heterocycles. The largest absolute Gasteiger partial charge is 0.456 e. The molecule has 0 aliphatic carbocycles. The van der Waals surface area contributed by atoms with Crippen molar-refractivity contribution in [1.82, 2.24) is 4.57 Å². The van der Waals surface area contributed by atoms with E-state index in [1.54, 1.807) is 30.3 Å². The first-order valence-corrected chi connectivity index (χ1v) is 15.3. The van der Waals surface area contributed by atoms with Crippen molar-refractivity contribution >= 4 is 65.7 Å². The fraction of sp³-hybridized carbons (Fsp3) is 0.200. The van der Waals surface area contributed by atoms with Gasteiger partial charge in [-0.1, -0.05) is 71.9 Å². The summed E-state index contributed by atoms with van der Waals surface area (Å²) >= 11 is 0. The van der Waals surface area contributed by atoms with Crippen LogP contribution in [0.2, 0.25) is 0 Å². The van der Waals surface area contributed by atoms with Crippen LogP contribution in [0.3, 0.4) is 0 Å². The third kappa shape index (κ3) is 4.07. The molecular formula is C40H33NO4. The van der Waals surface area contributed by atoms with Gasteiger partial charge in [0.1, 0.15) is 16.7 Å². The van der Waals surface area contributed by atoms with Gasteiger partial charge >= 0.3 is 0 Å². The van der Waals surface area contributed by atoms with Crippen LogP contribution in [-0.4, -0.2) is 4.57 Å². The molecule has 0 radical (unpaired) electrons.